The molecule has 1 fully saturated rings. The quantitative estimate of drug-likeness (QED) is 0.451. The molecule has 0 aliphatic heterocycles. The van der Waals surface area contributed by atoms with Gasteiger partial charge in [0.15, 0.2) is 4.33 Å². The van der Waals surface area contributed by atoms with E-state index < -0.39 is 14.1 Å². The van der Waals surface area contributed by atoms with Crippen molar-refractivity contribution in [1.29, 1.82) is 0 Å². The molecule has 0 aromatic rings. The average molecular weight is 356 g/mol. The molecule has 4 unspecified atom stereocenters. The van der Waals surface area contributed by atoms with Gasteiger partial charge in [-0.3, -0.25) is 0 Å². The molecule has 0 spiro atoms. The molecule has 0 radical (unpaired) electrons. The third-order valence-corrected chi connectivity index (χ3v) is 8.20. The van der Waals surface area contributed by atoms with E-state index in [1.54, 1.807) is 0 Å². The maximum atomic E-state index is 6.56. The van der Waals surface area contributed by atoms with Crippen molar-refractivity contribution in [2.75, 3.05) is 0 Å². The van der Waals surface area contributed by atoms with Crippen LogP contribution in [-0.4, -0.2) is 19.6 Å². The predicted octanol–water partition coefficient (Wildman–Crippen LogP) is 4.85. The van der Waals surface area contributed by atoms with E-state index in [0.717, 1.165) is 6.42 Å². The number of hydrogen-bond donors (Lipinski definition) is 0. The Morgan fingerprint density at radius 3 is 2.12 bits per heavy atom. The zero-order valence-corrected chi connectivity index (χ0v) is 12.8. The minimum atomic E-state index is -1.38. The SMILES string of the molecule is ClC1=C(Cl)C2(Cl)C3CC=CC3C1(Cl)C2(Cl)Cl.[OH-]. The smallest absolute Gasteiger partial charge is 0.167 e. The Balaban J connectivity index is 0.00000108. The summed E-state index contributed by atoms with van der Waals surface area (Å²) in [6.07, 6.45) is 4.77. The van der Waals surface area contributed by atoms with Gasteiger partial charge in [-0.15, -0.1) is 23.2 Å². The Labute approximate surface area is 129 Å². The zero-order valence-electron chi connectivity index (χ0n) is 8.23. The van der Waals surface area contributed by atoms with Gasteiger partial charge in [-0.1, -0.05) is 58.6 Å². The van der Waals surface area contributed by atoms with Crippen LogP contribution in [-0.2, 0) is 0 Å². The van der Waals surface area contributed by atoms with Crippen LogP contribution in [0.2, 0.25) is 0 Å². The minimum absolute atomic E-state index is 0. The van der Waals surface area contributed by atoms with Gasteiger partial charge in [0.1, 0.15) is 9.75 Å². The van der Waals surface area contributed by atoms with Crippen molar-refractivity contribution in [3.05, 3.63) is 22.2 Å². The summed E-state index contributed by atoms with van der Waals surface area (Å²) in [5, 5.41) is 0.574. The van der Waals surface area contributed by atoms with Gasteiger partial charge in [0.2, 0.25) is 0 Å². The third kappa shape index (κ3) is 1.21. The number of allylic oxidation sites excluding steroid dienone is 4. The van der Waals surface area contributed by atoms with Crippen molar-refractivity contribution in [1.82, 2.24) is 0 Å². The van der Waals surface area contributed by atoms with Gasteiger partial charge in [0.25, 0.3) is 0 Å². The lowest BCUT2D eigenvalue weighted by atomic mass is 9.84. The number of alkyl halides is 4. The number of hydrogen-bond acceptors (Lipinski definition) is 1. The molecule has 0 saturated heterocycles. The highest BCUT2D eigenvalue weighted by molar-refractivity contribution is 6.65. The highest BCUT2D eigenvalue weighted by Gasteiger charge is 2.81. The molecule has 0 heterocycles. The number of halogens is 6. The summed E-state index contributed by atoms with van der Waals surface area (Å²) in [6, 6.07) is 0. The highest BCUT2D eigenvalue weighted by atomic mass is 35.5. The van der Waals surface area contributed by atoms with Crippen LogP contribution in [0.15, 0.2) is 22.2 Å². The lowest BCUT2D eigenvalue weighted by molar-refractivity contribution is 0.416. The van der Waals surface area contributed by atoms with Gasteiger partial charge in [-0.2, -0.15) is 0 Å². The summed E-state index contributed by atoms with van der Waals surface area (Å²) in [7, 11) is 0. The first kappa shape index (κ1) is 14.6. The van der Waals surface area contributed by atoms with Gasteiger partial charge < -0.3 is 5.48 Å². The molecular weight excluding hydrogens is 349 g/mol. The lowest BCUT2D eigenvalue weighted by Gasteiger charge is -2.33. The first-order valence-electron chi connectivity index (χ1n) is 4.78. The summed E-state index contributed by atoms with van der Waals surface area (Å²) >= 11 is 38.2. The Bertz CT molecular complexity index is 444. The van der Waals surface area contributed by atoms with Crippen molar-refractivity contribution in [3.63, 3.8) is 0 Å². The van der Waals surface area contributed by atoms with E-state index in [1.807, 2.05) is 12.2 Å². The molecule has 1 nitrogen and oxygen atoms in total. The van der Waals surface area contributed by atoms with Gasteiger partial charge in [0, 0.05) is 5.92 Å². The Kier molecular flexibility index (Phi) is 3.30. The van der Waals surface area contributed by atoms with Gasteiger partial charge in [-0.05, 0) is 12.3 Å². The second-order valence-electron chi connectivity index (χ2n) is 4.42. The maximum Gasteiger partial charge on any atom is 0.167 e. The molecule has 3 aliphatic carbocycles. The summed E-state index contributed by atoms with van der Waals surface area (Å²) < 4.78 is -1.38. The molecule has 0 aromatic heterocycles. The van der Waals surface area contributed by atoms with Crippen LogP contribution >= 0.6 is 69.6 Å². The van der Waals surface area contributed by atoms with Crippen LogP contribution in [0.1, 0.15) is 6.42 Å². The third-order valence-electron chi connectivity index (χ3n) is 3.88. The van der Waals surface area contributed by atoms with E-state index in [0.29, 0.717) is 5.03 Å². The topological polar surface area (TPSA) is 30.0 Å². The van der Waals surface area contributed by atoms with Crippen LogP contribution < -0.4 is 0 Å². The second-order valence-corrected chi connectivity index (χ2v) is 7.70. The lowest BCUT2D eigenvalue weighted by Crippen LogP contribution is -2.44. The van der Waals surface area contributed by atoms with Crippen molar-refractivity contribution in [3.8, 4) is 0 Å². The molecule has 96 valence electrons. The summed E-state index contributed by atoms with van der Waals surface area (Å²) in [6.45, 7) is 0. The molecule has 1 saturated carbocycles. The maximum absolute atomic E-state index is 6.56. The molecule has 2 bridgehead atoms. The highest BCUT2D eigenvalue weighted by Crippen LogP contribution is 2.77. The summed E-state index contributed by atoms with van der Waals surface area (Å²) in [5.74, 6) is -0.0478. The fourth-order valence-corrected chi connectivity index (χ4v) is 6.12. The molecule has 1 N–H and O–H groups in total. The first-order chi connectivity index (χ1) is 7.29. The fraction of sp³-hybridized carbons (Fsp3) is 0.600. The standard InChI is InChI=1S/C10H6Cl6.H2O/c11-6-7(12)9(14)5-3-1-2-4(5)8(6,13)10(9,15)16;/h1-2,4-5H,3H2;1H2/p-1. The Morgan fingerprint density at radius 1 is 1.00 bits per heavy atom. The van der Waals surface area contributed by atoms with E-state index in [-0.39, 0.29) is 22.3 Å². The summed E-state index contributed by atoms with van der Waals surface area (Å²) in [4.78, 5) is -2.18. The van der Waals surface area contributed by atoms with E-state index >= 15 is 0 Å². The number of fused-ring (bicyclic) bond motifs is 5. The monoisotopic (exact) mass is 353 g/mol. The molecular formula is C10H7Cl6O-. The molecule has 0 amide bonds. The van der Waals surface area contributed by atoms with Gasteiger partial charge >= 0.3 is 0 Å². The summed E-state index contributed by atoms with van der Waals surface area (Å²) in [5.41, 5.74) is 0. The zero-order chi connectivity index (χ0) is 11.9. The molecule has 7 heteroatoms. The second kappa shape index (κ2) is 3.85. The van der Waals surface area contributed by atoms with Crippen molar-refractivity contribution < 1.29 is 5.48 Å². The molecule has 17 heavy (non-hydrogen) atoms. The van der Waals surface area contributed by atoms with Crippen LogP contribution in [0.4, 0.5) is 0 Å². The normalized spacial score (nSPS) is 49.5. The Morgan fingerprint density at radius 2 is 1.53 bits per heavy atom. The minimum Gasteiger partial charge on any atom is -0.870 e. The van der Waals surface area contributed by atoms with Crippen LogP contribution in [0.5, 0.6) is 0 Å². The van der Waals surface area contributed by atoms with Crippen LogP contribution in [0.3, 0.4) is 0 Å². The van der Waals surface area contributed by atoms with E-state index in [4.69, 9.17) is 69.6 Å². The van der Waals surface area contributed by atoms with E-state index in [1.165, 1.54) is 0 Å². The predicted molar refractivity (Wildman–Crippen MR) is 73.0 cm³/mol. The Hall–Kier alpha value is 1.18. The van der Waals surface area contributed by atoms with Gasteiger partial charge in [0.05, 0.1) is 10.1 Å². The van der Waals surface area contributed by atoms with Crippen LogP contribution in [0.25, 0.3) is 0 Å². The number of rotatable bonds is 0. The van der Waals surface area contributed by atoms with Crippen molar-refractivity contribution in [2.24, 2.45) is 11.8 Å². The fourth-order valence-electron chi connectivity index (χ4n) is 3.08. The van der Waals surface area contributed by atoms with Crippen molar-refractivity contribution >= 4 is 69.6 Å². The molecule has 3 rings (SSSR count). The molecule has 3 aliphatic rings. The average Bonchev–Trinajstić information content (AvgIpc) is 2.78. The molecule has 4 atom stereocenters. The van der Waals surface area contributed by atoms with E-state index in [2.05, 4.69) is 0 Å². The molecule has 0 aromatic carbocycles. The first-order valence-corrected chi connectivity index (χ1v) is 7.05. The van der Waals surface area contributed by atoms with Crippen LogP contribution in [0, 0.1) is 11.8 Å². The largest absolute Gasteiger partial charge is 0.870 e. The van der Waals surface area contributed by atoms with Gasteiger partial charge in [-0.25, -0.2) is 0 Å². The van der Waals surface area contributed by atoms with E-state index in [9.17, 15) is 0 Å². The van der Waals surface area contributed by atoms with Crippen molar-refractivity contribution in [2.45, 2.75) is 20.5 Å².